The van der Waals surface area contributed by atoms with Crippen molar-refractivity contribution in [1.82, 2.24) is 0 Å². The Morgan fingerprint density at radius 2 is 1.41 bits per heavy atom. The molecule has 134 valence electrons. The Morgan fingerprint density at radius 1 is 0.778 bits per heavy atom. The van der Waals surface area contributed by atoms with Gasteiger partial charge in [0, 0.05) is 10.9 Å². The zero-order valence-electron chi connectivity index (χ0n) is 13.9. The molecular weight excluding hydrogens is 367 g/mol. The van der Waals surface area contributed by atoms with Crippen LogP contribution in [0.15, 0.2) is 97.9 Å². The molecule has 4 rings (SSSR count). The fourth-order valence-corrected chi connectivity index (χ4v) is 4.51. The number of hydrogen-bond donors (Lipinski definition) is 0. The molecule has 0 fully saturated rings. The minimum atomic E-state index is -4.15. The van der Waals surface area contributed by atoms with Gasteiger partial charge in [-0.25, -0.2) is 17.6 Å². The second kappa shape index (κ2) is 6.48. The van der Waals surface area contributed by atoms with E-state index in [1.54, 1.807) is 42.5 Å². The van der Waals surface area contributed by atoms with Crippen LogP contribution in [0.1, 0.15) is 0 Å². The zero-order chi connectivity index (χ0) is 19.0. The van der Waals surface area contributed by atoms with Gasteiger partial charge in [-0.15, -0.1) is 0 Å². The highest BCUT2D eigenvalue weighted by atomic mass is 32.2. The van der Waals surface area contributed by atoms with Crippen LogP contribution in [-0.4, -0.2) is 8.42 Å². The van der Waals surface area contributed by atoms with Crippen molar-refractivity contribution in [1.29, 1.82) is 0 Å². The molecule has 0 aliphatic rings. The third-order valence-corrected chi connectivity index (χ3v) is 6.03. The summed E-state index contributed by atoms with van der Waals surface area (Å²) < 4.78 is 45.1. The zero-order valence-corrected chi connectivity index (χ0v) is 14.7. The lowest BCUT2D eigenvalue weighted by Crippen LogP contribution is -2.16. The van der Waals surface area contributed by atoms with E-state index in [4.69, 9.17) is 4.42 Å². The molecule has 1 heterocycles. The van der Waals surface area contributed by atoms with Gasteiger partial charge < -0.3 is 4.42 Å². The Balaban J connectivity index is 2.15. The SMILES string of the molecule is O=c1oc2ccccc2c(-c2ccc(F)cc2)c1S(=O)(=O)c1ccccc1. The number of benzene rings is 3. The molecule has 27 heavy (non-hydrogen) atoms. The Kier molecular flexibility index (Phi) is 4.12. The Hall–Kier alpha value is -3.25. The minimum absolute atomic E-state index is 0.0176. The maximum atomic E-state index is 13.4. The molecule has 4 aromatic rings. The van der Waals surface area contributed by atoms with Gasteiger partial charge in [0.15, 0.2) is 4.90 Å². The first kappa shape index (κ1) is 17.2. The average Bonchev–Trinajstić information content (AvgIpc) is 2.68. The van der Waals surface area contributed by atoms with E-state index in [-0.39, 0.29) is 16.0 Å². The van der Waals surface area contributed by atoms with Crippen LogP contribution in [0.4, 0.5) is 4.39 Å². The van der Waals surface area contributed by atoms with E-state index < -0.39 is 26.2 Å². The molecule has 0 bridgehead atoms. The van der Waals surface area contributed by atoms with Crippen LogP contribution in [0.2, 0.25) is 0 Å². The summed E-state index contributed by atoms with van der Waals surface area (Å²) in [5, 5.41) is 0.457. The van der Waals surface area contributed by atoms with E-state index in [1.165, 1.54) is 36.4 Å². The molecule has 0 atom stereocenters. The van der Waals surface area contributed by atoms with Crippen molar-refractivity contribution in [3.05, 3.63) is 95.1 Å². The largest absolute Gasteiger partial charge is 0.422 e. The van der Waals surface area contributed by atoms with Gasteiger partial charge in [-0.05, 0) is 35.9 Å². The monoisotopic (exact) mass is 380 g/mol. The van der Waals surface area contributed by atoms with E-state index in [0.717, 1.165) is 0 Å². The first-order valence-corrected chi connectivity index (χ1v) is 9.59. The molecule has 0 unspecified atom stereocenters. The van der Waals surface area contributed by atoms with Gasteiger partial charge in [0.05, 0.1) is 4.90 Å². The predicted octanol–water partition coefficient (Wildman–Crippen LogP) is 4.43. The van der Waals surface area contributed by atoms with Crippen LogP contribution >= 0.6 is 0 Å². The van der Waals surface area contributed by atoms with Crippen molar-refractivity contribution in [2.24, 2.45) is 0 Å². The highest BCUT2D eigenvalue weighted by molar-refractivity contribution is 7.91. The summed E-state index contributed by atoms with van der Waals surface area (Å²) in [6.07, 6.45) is 0. The van der Waals surface area contributed by atoms with E-state index in [1.807, 2.05) is 0 Å². The van der Waals surface area contributed by atoms with Crippen molar-refractivity contribution in [3.8, 4) is 11.1 Å². The number of rotatable bonds is 3. The summed E-state index contributed by atoms with van der Waals surface area (Å²) in [5.74, 6) is -0.460. The molecule has 0 N–H and O–H groups in total. The van der Waals surface area contributed by atoms with Gasteiger partial charge in [-0.1, -0.05) is 48.5 Å². The maximum Gasteiger partial charge on any atom is 0.356 e. The fourth-order valence-electron chi connectivity index (χ4n) is 3.00. The van der Waals surface area contributed by atoms with Crippen LogP contribution in [0.5, 0.6) is 0 Å². The van der Waals surface area contributed by atoms with Gasteiger partial charge in [0.1, 0.15) is 11.4 Å². The molecule has 6 heteroatoms. The molecule has 0 aliphatic heterocycles. The van der Waals surface area contributed by atoms with Gasteiger partial charge in [-0.2, -0.15) is 0 Å². The average molecular weight is 380 g/mol. The summed E-state index contributed by atoms with van der Waals surface area (Å²) in [7, 11) is -4.15. The lowest BCUT2D eigenvalue weighted by Gasteiger charge is -2.12. The van der Waals surface area contributed by atoms with Crippen LogP contribution in [0.25, 0.3) is 22.1 Å². The quantitative estimate of drug-likeness (QED) is 0.493. The summed E-state index contributed by atoms with van der Waals surface area (Å²) in [5.41, 5.74) is -0.0913. The molecule has 0 saturated carbocycles. The van der Waals surface area contributed by atoms with Crippen LogP contribution < -0.4 is 5.63 Å². The van der Waals surface area contributed by atoms with Gasteiger partial charge in [0.25, 0.3) is 0 Å². The number of fused-ring (bicyclic) bond motifs is 1. The second-order valence-electron chi connectivity index (χ2n) is 5.91. The molecule has 0 amide bonds. The highest BCUT2D eigenvalue weighted by Gasteiger charge is 2.29. The Morgan fingerprint density at radius 3 is 2.11 bits per heavy atom. The molecule has 1 aromatic heterocycles. The van der Waals surface area contributed by atoms with E-state index in [2.05, 4.69) is 0 Å². The Bertz CT molecular complexity index is 1290. The number of sulfone groups is 1. The number of hydrogen-bond acceptors (Lipinski definition) is 4. The van der Waals surface area contributed by atoms with Crippen LogP contribution in [0, 0.1) is 5.82 Å². The molecule has 0 spiro atoms. The lowest BCUT2D eigenvalue weighted by atomic mass is 10.0. The van der Waals surface area contributed by atoms with E-state index in [0.29, 0.717) is 10.9 Å². The fraction of sp³-hybridized carbons (Fsp3) is 0. The predicted molar refractivity (Wildman–Crippen MR) is 99.8 cm³/mol. The van der Waals surface area contributed by atoms with E-state index >= 15 is 0 Å². The minimum Gasteiger partial charge on any atom is -0.422 e. The summed E-state index contributed by atoms with van der Waals surface area (Å²) in [4.78, 5) is 12.2. The maximum absolute atomic E-state index is 13.4. The van der Waals surface area contributed by atoms with Crippen molar-refractivity contribution in [3.63, 3.8) is 0 Å². The van der Waals surface area contributed by atoms with Crippen molar-refractivity contribution < 1.29 is 17.2 Å². The lowest BCUT2D eigenvalue weighted by molar-refractivity contribution is 0.533. The molecule has 0 saturated heterocycles. The van der Waals surface area contributed by atoms with Gasteiger partial charge >= 0.3 is 5.63 Å². The normalized spacial score (nSPS) is 11.6. The highest BCUT2D eigenvalue weighted by Crippen LogP contribution is 2.35. The van der Waals surface area contributed by atoms with E-state index in [9.17, 15) is 17.6 Å². The molecule has 0 aliphatic carbocycles. The Labute approximate surface area is 154 Å². The second-order valence-corrected chi connectivity index (χ2v) is 7.80. The molecular formula is C21H13FO4S. The first-order chi connectivity index (χ1) is 13.0. The molecule has 0 radical (unpaired) electrons. The topological polar surface area (TPSA) is 64.3 Å². The standard InChI is InChI=1S/C21H13FO4S/c22-15-12-10-14(11-13-15)19-17-8-4-5-9-18(17)26-21(23)20(19)27(24,25)16-6-2-1-3-7-16/h1-13H. The molecule has 4 nitrogen and oxygen atoms in total. The number of para-hydroxylation sites is 1. The summed E-state index contributed by atoms with van der Waals surface area (Å²) in [6.45, 7) is 0. The van der Waals surface area contributed by atoms with Crippen LogP contribution in [-0.2, 0) is 9.84 Å². The summed E-state index contributed by atoms with van der Waals surface area (Å²) in [6, 6.07) is 19.7. The first-order valence-electron chi connectivity index (χ1n) is 8.10. The number of halogens is 1. The molecule has 3 aromatic carbocycles. The van der Waals surface area contributed by atoms with Crippen LogP contribution in [0.3, 0.4) is 0 Å². The third kappa shape index (κ3) is 2.94. The smallest absolute Gasteiger partial charge is 0.356 e. The van der Waals surface area contributed by atoms with Crippen molar-refractivity contribution in [2.45, 2.75) is 9.79 Å². The summed E-state index contributed by atoms with van der Waals surface area (Å²) >= 11 is 0. The van der Waals surface area contributed by atoms with Crippen molar-refractivity contribution in [2.75, 3.05) is 0 Å². The van der Waals surface area contributed by atoms with Gasteiger partial charge in [-0.3, -0.25) is 0 Å². The van der Waals surface area contributed by atoms with Crippen molar-refractivity contribution >= 4 is 20.8 Å². The van der Waals surface area contributed by atoms with Gasteiger partial charge in [0.2, 0.25) is 9.84 Å². The third-order valence-electron chi connectivity index (χ3n) is 4.23.